The molecule has 0 saturated carbocycles. The highest BCUT2D eigenvalue weighted by Gasteiger charge is 2.06. The fourth-order valence-electron chi connectivity index (χ4n) is 2.12. The Bertz CT molecular complexity index is 425. The molecule has 1 aromatic heterocycles. The van der Waals surface area contributed by atoms with E-state index in [1.807, 2.05) is 13.0 Å². The first-order valence-electron chi connectivity index (χ1n) is 7.23. The minimum atomic E-state index is -1.03. The maximum atomic E-state index is 11.2. The molecule has 0 amide bonds. The molecule has 0 saturated heterocycles. The number of ketones is 1. The Morgan fingerprint density at radius 1 is 1.15 bits per heavy atom. The minimum Gasteiger partial charge on any atom is -0.481 e. The van der Waals surface area contributed by atoms with E-state index in [0.717, 1.165) is 56.4 Å². The van der Waals surface area contributed by atoms with Crippen LogP contribution in [0.25, 0.3) is 0 Å². The van der Waals surface area contributed by atoms with Crippen molar-refractivity contribution in [2.45, 2.75) is 64.7 Å². The predicted octanol–water partition coefficient (Wildman–Crippen LogP) is 3.30. The second-order valence-electron chi connectivity index (χ2n) is 5.17. The van der Waals surface area contributed by atoms with E-state index in [4.69, 9.17) is 9.63 Å². The average molecular weight is 281 g/mol. The first-order valence-corrected chi connectivity index (χ1v) is 7.23. The molecule has 0 unspecified atom stereocenters. The third-order valence-electron chi connectivity index (χ3n) is 3.15. The van der Waals surface area contributed by atoms with Gasteiger partial charge in [-0.3, -0.25) is 9.59 Å². The fraction of sp³-hybridized carbons (Fsp3) is 0.667. The Morgan fingerprint density at radius 2 is 1.80 bits per heavy atom. The SMILES string of the molecule is Cc1cc(CCCCCCCCC(=O)CC(=O)O)on1. The van der Waals surface area contributed by atoms with Gasteiger partial charge in [0.2, 0.25) is 0 Å². The van der Waals surface area contributed by atoms with Gasteiger partial charge in [-0.15, -0.1) is 0 Å². The maximum Gasteiger partial charge on any atom is 0.310 e. The van der Waals surface area contributed by atoms with Crippen molar-refractivity contribution in [3.8, 4) is 0 Å². The van der Waals surface area contributed by atoms with Crippen LogP contribution in [0.4, 0.5) is 0 Å². The standard InChI is InChI=1S/C15H23NO4/c1-12-10-14(20-16-12)9-7-5-3-2-4-6-8-13(17)11-15(18)19/h10H,2-9,11H2,1H3,(H,18,19). The number of aryl methyl sites for hydroxylation is 2. The third-order valence-corrected chi connectivity index (χ3v) is 3.15. The molecule has 0 aliphatic carbocycles. The van der Waals surface area contributed by atoms with E-state index in [-0.39, 0.29) is 12.2 Å². The van der Waals surface area contributed by atoms with Gasteiger partial charge in [0.25, 0.3) is 0 Å². The van der Waals surface area contributed by atoms with Crippen LogP contribution in [0.5, 0.6) is 0 Å². The molecular formula is C15H23NO4. The molecule has 1 rings (SSSR count). The average Bonchev–Trinajstić information content (AvgIpc) is 2.77. The zero-order chi connectivity index (χ0) is 14.8. The molecule has 0 aromatic carbocycles. The predicted molar refractivity (Wildman–Crippen MR) is 74.5 cm³/mol. The van der Waals surface area contributed by atoms with Crippen LogP contribution in [0.3, 0.4) is 0 Å². The number of hydrogen-bond acceptors (Lipinski definition) is 4. The van der Waals surface area contributed by atoms with Crippen molar-refractivity contribution in [2.24, 2.45) is 0 Å². The highest BCUT2D eigenvalue weighted by molar-refractivity contribution is 5.94. The van der Waals surface area contributed by atoms with Crippen molar-refractivity contribution in [3.63, 3.8) is 0 Å². The summed E-state index contributed by atoms with van der Waals surface area (Å²) in [6.07, 6.45) is 7.24. The second kappa shape index (κ2) is 9.28. The fourth-order valence-corrected chi connectivity index (χ4v) is 2.12. The van der Waals surface area contributed by atoms with E-state index in [1.165, 1.54) is 0 Å². The van der Waals surface area contributed by atoms with Crippen molar-refractivity contribution < 1.29 is 19.2 Å². The van der Waals surface area contributed by atoms with Gasteiger partial charge < -0.3 is 9.63 Å². The lowest BCUT2D eigenvalue weighted by Crippen LogP contribution is -2.05. The van der Waals surface area contributed by atoms with Gasteiger partial charge in [0.05, 0.1) is 5.69 Å². The maximum absolute atomic E-state index is 11.2. The number of rotatable bonds is 11. The summed E-state index contributed by atoms with van der Waals surface area (Å²) in [5.41, 5.74) is 0.922. The van der Waals surface area contributed by atoms with E-state index in [1.54, 1.807) is 0 Å². The highest BCUT2D eigenvalue weighted by atomic mass is 16.5. The van der Waals surface area contributed by atoms with Gasteiger partial charge in [-0.25, -0.2) is 0 Å². The van der Waals surface area contributed by atoms with Crippen molar-refractivity contribution in [1.29, 1.82) is 0 Å². The number of hydrogen-bond donors (Lipinski definition) is 1. The molecule has 1 N–H and O–H groups in total. The van der Waals surface area contributed by atoms with Gasteiger partial charge in [0, 0.05) is 18.9 Å². The quantitative estimate of drug-likeness (QED) is 0.497. The number of nitrogens with zero attached hydrogens (tertiary/aromatic N) is 1. The molecule has 0 atom stereocenters. The Kier molecular flexibility index (Phi) is 7.62. The van der Waals surface area contributed by atoms with Crippen molar-refractivity contribution in [1.82, 2.24) is 5.16 Å². The highest BCUT2D eigenvalue weighted by Crippen LogP contribution is 2.11. The van der Waals surface area contributed by atoms with E-state index in [0.29, 0.717) is 6.42 Å². The molecule has 112 valence electrons. The number of carboxylic acids is 1. The first kappa shape index (κ1) is 16.4. The molecular weight excluding hydrogens is 258 g/mol. The lowest BCUT2D eigenvalue weighted by Gasteiger charge is -2.00. The molecule has 0 fully saturated rings. The van der Waals surface area contributed by atoms with Gasteiger partial charge >= 0.3 is 5.97 Å². The normalized spacial score (nSPS) is 10.7. The summed E-state index contributed by atoms with van der Waals surface area (Å²) in [5.74, 6) is -0.252. The summed E-state index contributed by atoms with van der Waals surface area (Å²) in [6.45, 7) is 1.92. The summed E-state index contributed by atoms with van der Waals surface area (Å²) in [6, 6.07) is 1.97. The Balaban J connectivity index is 1.90. The largest absolute Gasteiger partial charge is 0.481 e. The summed E-state index contributed by atoms with van der Waals surface area (Å²) in [7, 11) is 0. The van der Waals surface area contributed by atoms with Crippen molar-refractivity contribution in [3.05, 3.63) is 17.5 Å². The van der Waals surface area contributed by atoms with Gasteiger partial charge in [0.1, 0.15) is 18.0 Å². The minimum absolute atomic E-state index is 0.168. The molecule has 1 aromatic rings. The lowest BCUT2D eigenvalue weighted by atomic mass is 10.1. The summed E-state index contributed by atoms with van der Waals surface area (Å²) < 4.78 is 5.13. The molecule has 0 radical (unpaired) electrons. The first-order chi connectivity index (χ1) is 9.58. The molecule has 20 heavy (non-hydrogen) atoms. The summed E-state index contributed by atoms with van der Waals surface area (Å²) in [4.78, 5) is 21.5. The molecule has 1 heterocycles. The summed E-state index contributed by atoms with van der Waals surface area (Å²) >= 11 is 0. The molecule has 5 nitrogen and oxygen atoms in total. The Labute approximate surface area is 119 Å². The third kappa shape index (κ3) is 7.71. The van der Waals surface area contributed by atoms with E-state index in [2.05, 4.69) is 5.16 Å². The van der Waals surface area contributed by atoms with Crippen LogP contribution in [0.1, 0.15) is 62.8 Å². The lowest BCUT2D eigenvalue weighted by molar-refractivity contribution is -0.140. The van der Waals surface area contributed by atoms with Crippen LogP contribution >= 0.6 is 0 Å². The van der Waals surface area contributed by atoms with Crippen molar-refractivity contribution in [2.75, 3.05) is 0 Å². The van der Waals surface area contributed by atoms with Crippen LogP contribution < -0.4 is 0 Å². The zero-order valence-electron chi connectivity index (χ0n) is 12.1. The van der Waals surface area contributed by atoms with Crippen LogP contribution in [-0.4, -0.2) is 22.0 Å². The molecule has 0 aliphatic heterocycles. The number of carbonyl (C=O) groups is 2. The van der Waals surface area contributed by atoms with Gasteiger partial charge in [-0.1, -0.05) is 30.8 Å². The Hall–Kier alpha value is -1.65. The second-order valence-corrected chi connectivity index (χ2v) is 5.17. The van der Waals surface area contributed by atoms with Gasteiger partial charge in [-0.05, 0) is 19.8 Å². The van der Waals surface area contributed by atoms with Crippen molar-refractivity contribution >= 4 is 11.8 Å². The van der Waals surface area contributed by atoms with E-state index < -0.39 is 5.97 Å². The van der Waals surface area contributed by atoms with Crippen LogP contribution in [0.2, 0.25) is 0 Å². The van der Waals surface area contributed by atoms with Gasteiger partial charge in [0.15, 0.2) is 0 Å². The number of carboxylic acid groups (broad SMARTS) is 1. The smallest absolute Gasteiger partial charge is 0.310 e. The van der Waals surface area contributed by atoms with Gasteiger partial charge in [-0.2, -0.15) is 0 Å². The number of carbonyl (C=O) groups excluding carboxylic acids is 1. The summed E-state index contributed by atoms with van der Waals surface area (Å²) in [5, 5.41) is 12.3. The number of Topliss-reactive ketones (excluding diaryl/α,β-unsaturated/α-hetero) is 1. The number of unbranched alkanes of at least 4 members (excludes halogenated alkanes) is 5. The Morgan fingerprint density at radius 3 is 2.40 bits per heavy atom. The van der Waals surface area contributed by atoms with Crippen LogP contribution in [0.15, 0.2) is 10.6 Å². The molecule has 0 bridgehead atoms. The monoisotopic (exact) mass is 281 g/mol. The van der Waals surface area contributed by atoms with Crippen LogP contribution in [0, 0.1) is 6.92 Å². The van der Waals surface area contributed by atoms with Crippen LogP contribution in [-0.2, 0) is 16.0 Å². The topological polar surface area (TPSA) is 80.4 Å². The molecule has 5 heteroatoms. The van der Waals surface area contributed by atoms with E-state index >= 15 is 0 Å². The molecule has 0 aliphatic rings. The van der Waals surface area contributed by atoms with E-state index in [9.17, 15) is 9.59 Å². The number of aromatic nitrogens is 1. The zero-order valence-corrected chi connectivity index (χ0v) is 12.1. The molecule has 0 spiro atoms. The number of aliphatic carboxylic acids is 1.